The van der Waals surface area contributed by atoms with Crippen LogP contribution < -0.4 is 14.8 Å². The van der Waals surface area contributed by atoms with Gasteiger partial charge in [-0.2, -0.15) is 4.98 Å². The van der Waals surface area contributed by atoms with Gasteiger partial charge < -0.3 is 19.3 Å². The third-order valence-corrected chi connectivity index (χ3v) is 3.62. The zero-order valence-electron chi connectivity index (χ0n) is 14.6. The number of nitrogens with one attached hydrogen (secondary N) is 1. The minimum atomic E-state index is -0.188. The number of carbonyl (C=O) groups is 1. The highest BCUT2D eigenvalue weighted by Gasteiger charge is 2.15. The Balaban J connectivity index is 1.81. The van der Waals surface area contributed by atoms with Crippen LogP contribution in [-0.2, 0) is 4.79 Å². The number of carbonyl (C=O) groups excluding carboxylic acids is 1. The van der Waals surface area contributed by atoms with Crippen molar-refractivity contribution in [3.05, 3.63) is 48.5 Å². The quantitative estimate of drug-likeness (QED) is 0.703. The Hall–Kier alpha value is -3.35. The first kappa shape index (κ1) is 17.5. The standard InChI is InChI=1S/C19H19N3O4/c1-3-20-17(23)12-25-16-7-5-4-6-15(16)19-21-18(22-26-19)13-8-10-14(24-2)11-9-13/h4-11H,3,12H2,1-2H3,(H,20,23). The topological polar surface area (TPSA) is 86.5 Å². The Bertz CT molecular complexity index is 875. The minimum absolute atomic E-state index is 0.0790. The maximum Gasteiger partial charge on any atom is 0.262 e. The highest BCUT2D eigenvalue weighted by atomic mass is 16.5. The maximum atomic E-state index is 11.6. The lowest BCUT2D eigenvalue weighted by Gasteiger charge is -2.08. The summed E-state index contributed by atoms with van der Waals surface area (Å²) in [6, 6.07) is 14.6. The van der Waals surface area contributed by atoms with Crippen molar-refractivity contribution in [2.24, 2.45) is 0 Å². The molecule has 0 unspecified atom stereocenters. The molecule has 3 rings (SSSR count). The van der Waals surface area contributed by atoms with Gasteiger partial charge in [0.15, 0.2) is 6.61 Å². The molecule has 0 aliphatic rings. The van der Waals surface area contributed by atoms with Gasteiger partial charge in [-0.15, -0.1) is 0 Å². The van der Waals surface area contributed by atoms with Gasteiger partial charge in [0.1, 0.15) is 11.5 Å². The van der Waals surface area contributed by atoms with Gasteiger partial charge in [-0.3, -0.25) is 4.79 Å². The number of methoxy groups -OCH3 is 1. The molecule has 0 fully saturated rings. The Kier molecular flexibility index (Phi) is 5.48. The lowest BCUT2D eigenvalue weighted by atomic mass is 10.2. The molecule has 2 aromatic carbocycles. The maximum absolute atomic E-state index is 11.6. The fraction of sp³-hybridized carbons (Fsp3) is 0.211. The fourth-order valence-electron chi connectivity index (χ4n) is 2.35. The number of ether oxygens (including phenoxy) is 2. The van der Waals surface area contributed by atoms with Gasteiger partial charge >= 0.3 is 0 Å². The van der Waals surface area contributed by atoms with Gasteiger partial charge in [0.05, 0.1) is 12.7 Å². The lowest BCUT2D eigenvalue weighted by molar-refractivity contribution is -0.122. The summed E-state index contributed by atoms with van der Waals surface area (Å²) in [4.78, 5) is 16.0. The van der Waals surface area contributed by atoms with Gasteiger partial charge in [0, 0.05) is 12.1 Å². The molecule has 1 heterocycles. The molecule has 134 valence electrons. The second kappa shape index (κ2) is 8.15. The van der Waals surface area contributed by atoms with Crippen LogP contribution in [0.5, 0.6) is 11.5 Å². The smallest absolute Gasteiger partial charge is 0.262 e. The second-order valence-corrected chi connectivity index (χ2v) is 5.39. The highest BCUT2D eigenvalue weighted by molar-refractivity contribution is 5.77. The third kappa shape index (κ3) is 4.00. The number of amides is 1. The third-order valence-electron chi connectivity index (χ3n) is 3.62. The summed E-state index contributed by atoms with van der Waals surface area (Å²) in [6.07, 6.45) is 0. The van der Waals surface area contributed by atoms with E-state index in [9.17, 15) is 4.79 Å². The number of aromatic nitrogens is 2. The molecule has 1 aromatic heterocycles. The van der Waals surface area contributed by atoms with Crippen LogP contribution in [-0.4, -0.2) is 36.3 Å². The summed E-state index contributed by atoms with van der Waals surface area (Å²) >= 11 is 0. The first-order valence-corrected chi connectivity index (χ1v) is 8.18. The van der Waals surface area contributed by atoms with Crippen molar-refractivity contribution in [3.8, 4) is 34.3 Å². The molecular weight excluding hydrogens is 334 g/mol. The van der Waals surface area contributed by atoms with Crippen molar-refractivity contribution in [1.29, 1.82) is 0 Å². The summed E-state index contributed by atoms with van der Waals surface area (Å²) < 4.78 is 16.1. The Morgan fingerprint density at radius 1 is 1.15 bits per heavy atom. The molecular formula is C19H19N3O4. The summed E-state index contributed by atoms with van der Waals surface area (Å²) in [5.74, 6) is 1.85. The number of para-hydroxylation sites is 1. The molecule has 0 bridgehead atoms. The molecule has 7 nitrogen and oxygen atoms in total. The molecule has 0 spiro atoms. The predicted octanol–water partition coefficient (Wildman–Crippen LogP) is 2.93. The SMILES string of the molecule is CCNC(=O)COc1ccccc1-c1nc(-c2ccc(OC)cc2)no1. The molecule has 0 saturated carbocycles. The van der Waals surface area contributed by atoms with Gasteiger partial charge in [0.25, 0.3) is 11.8 Å². The zero-order chi connectivity index (χ0) is 18.4. The molecule has 0 radical (unpaired) electrons. The summed E-state index contributed by atoms with van der Waals surface area (Å²) in [5.41, 5.74) is 1.44. The average Bonchev–Trinajstić information content (AvgIpc) is 3.17. The predicted molar refractivity (Wildman–Crippen MR) is 95.9 cm³/mol. The Labute approximate surface area is 150 Å². The van der Waals surface area contributed by atoms with Crippen LogP contribution in [0.4, 0.5) is 0 Å². The van der Waals surface area contributed by atoms with Gasteiger partial charge in [-0.05, 0) is 43.3 Å². The largest absolute Gasteiger partial charge is 0.497 e. The second-order valence-electron chi connectivity index (χ2n) is 5.39. The van der Waals surface area contributed by atoms with Crippen LogP contribution in [0.2, 0.25) is 0 Å². The molecule has 1 N–H and O–H groups in total. The van der Waals surface area contributed by atoms with Gasteiger partial charge in [-0.25, -0.2) is 0 Å². The van der Waals surface area contributed by atoms with Crippen molar-refractivity contribution in [2.45, 2.75) is 6.92 Å². The van der Waals surface area contributed by atoms with Crippen LogP contribution in [0, 0.1) is 0 Å². The Morgan fingerprint density at radius 2 is 1.92 bits per heavy atom. The van der Waals surface area contributed by atoms with Crippen LogP contribution in [0.3, 0.4) is 0 Å². The lowest BCUT2D eigenvalue weighted by Crippen LogP contribution is -2.28. The van der Waals surface area contributed by atoms with E-state index in [0.717, 1.165) is 11.3 Å². The minimum Gasteiger partial charge on any atom is -0.497 e. The van der Waals surface area contributed by atoms with E-state index in [-0.39, 0.29) is 12.5 Å². The van der Waals surface area contributed by atoms with E-state index in [4.69, 9.17) is 14.0 Å². The van der Waals surface area contributed by atoms with Crippen LogP contribution in [0.25, 0.3) is 22.8 Å². The molecule has 26 heavy (non-hydrogen) atoms. The van der Waals surface area contributed by atoms with Crippen LogP contribution >= 0.6 is 0 Å². The number of nitrogens with zero attached hydrogens (tertiary/aromatic N) is 2. The van der Waals surface area contributed by atoms with E-state index in [2.05, 4.69) is 15.5 Å². The number of hydrogen-bond donors (Lipinski definition) is 1. The van der Waals surface area contributed by atoms with E-state index in [0.29, 0.717) is 29.6 Å². The summed E-state index contributed by atoms with van der Waals surface area (Å²) in [5, 5.41) is 6.71. The van der Waals surface area contributed by atoms with Gasteiger partial charge in [-0.1, -0.05) is 17.3 Å². The number of rotatable bonds is 7. The number of benzene rings is 2. The highest BCUT2D eigenvalue weighted by Crippen LogP contribution is 2.30. The van der Waals surface area contributed by atoms with Crippen LogP contribution in [0.1, 0.15) is 6.92 Å². The van der Waals surface area contributed by atoms with Crippen molar-refractivity contribution in [1.82, 2.24) is 15.5 Å². The van der Waals surface area contributed by atoms with E-state index >= 15 is 0 Å². The van der Waals surface area contributed by atoms with Crippen molar-refractivity contribution in [2.75, 3.05) is 20.3 Å². The van der Waals surface area contributed by atoms with E-state index in [1.54, 1.807) is 19.2 Å². The molecule has 0 aliphatic heterocycles. The van der Waals surface area contributed by atoms with Crippen molar-refractivity contribution < 1.29 is 18.8 Å². The van der Waals surface area contributed by atoms with E-state index < -0.39 is 0 Å². The molecule has 1 amide bonds. The monoisotopic (exact) mass is 353 g/mol. The first-order chi connectivity index (χ1) is 12.7. The zero-order valence-corrected chi connectivity index (χ0v) is 14.6. The fourth-order valence-corrected chi connectivity index (χ4v) is 2.35. The molecule has 3 aromatic rings. The average molecular weight is 353 g/mol. The molecule has 0 atom stereocenters. The number of hydrogen-bond acceptors (Lipinski definition) is 6. The molecule has 7 heteroatoms. The van der Waals surface area contributed by atoms with E-state index in [1.165, 1.54) is 0 Å². The van der Waals surface area contributed by atoms with E-state index in [1.807, 2.05) is 43.3 Å². The Morgan fingerprint density at radius 3 is 2.65 bits per heavy atom. The summed E-state index contributed by atoms with van der Waals surface area (Å²) in [6.45, 7) is 2.33. The number of likely N-dealkylation sites (N-methyl/N-ethyl adjacent to an activating group) is 1. The summed E-state index contributed by atoms with van der Waals surface area (Å²) in [7, 11) is 1.61. The molecule has 0 aliphatic carbocycles. The van der Waals surface area contributed by atoms with Gasteiger partial charge in [0.2, 0.25) is 5.82 Å². The van der Waals surface area contributed by atoms with Crippen LogP contribution in [0.15, 0.2) is 53.1 Å². The van der Waals surface area contributed by atoms with Crippen molar-refractivity contribution >= 4 is 5.91 Å². The molecule has 0 saturated heterocycles. The normalized spacial score (nSPS) is 10.4. The van der Waals surface area contributed by atoms with Crippen molar-refractivity contribution in [3.63, 3.8) is 0 Å². The first-order valence-electron chi connectivity index (χ1n) is 8.18.